The van der Waals surface area contributed by atoms with E-state index in [2.05, 4.69) is 18.9 Å². The summed E-state index contributed by atoms with van der Waals surface area (Å²) >= 11 is 0. The molecule has 1 aliphatic heterocycles. The molecule has 72 valence electrons. The van der Waals surface area contributed by atoms with Crippen molar-refractivity contribution in [3.63, 3.8) is 0 Å². The maximum Gasteiger partial charge on any atom is 0.0436 e. The van der Waals surface area contributed by atoms with Crippen molar-refractivity contribution in [1.82, 2.24) is 4.90 Å². The predicted molar refractivity (Wildman–Crippen MR) is 51.2 cm³/mol. The third-order valence-corrected chi connectivity index (χ3v) is 2.94. The van der Waals surface area contributed by atoms with Crippen LogP contribution in [0.25, 0.3) is 0 Å². The third kappa shape index (κ3) is 2.76. The summed E-state index contributed by atoms with van der Waals surface area (Å²) in [6, 6.07) is 0. The summed E-state index contributed by atoms with van der Waals surface area (Å²) in [4.78, 5) is 2.39. The van der Waals surface area contributed by atoms with Crippen molar-refractivity contribution in [3.8, 4) is 0 Å². The first-order chi connectivity index (χ1) is 5.66. The standard InChI is InChI=1S/C10H21NO/c1-10(6-8-12)5-3-4-7-11(2)9-10/h12H,3-9H2,1-2H3. The smallest absolute Gasteiger partial charge is 0.0436 e. The molecule has 1 saturated heterocycles. The van der Waals surface area contributed by atoms with E-state index in [1.54, 1.807) is 0 Å². The summed E-state index contributed by atoms with van der Waals surface area (Å²) in [5, 5.41) is 8.94. The lowest BCUT2D eigenvalue weighted by Gasteiger charge is -2.30. The van der Waals surface area contributed by atoms with Crippen LogP contribution in [-0.4, -0.2) is 36.8 Å². The van der Waals surface area contributed by atoms with Crippen LogP contribution in [0.15, 0.2) is 0 Å². The molecule has 1 aliphatic rings. The Bertz CT molecular complexity index is 138. The van der Waals surface area contributed by atoms with Gasteiger partial charge < -0.3 is 10.0 Å². The Morgan fingerprint density at radius 2 is 2.17 bits per heavy atom. The Kier molecular flexibility index (Phi) is 3.53. The van der Waals surface area contributed by atoms with E-state index in [1.807, 2.05) is 0 Å². The van der Waals surface area contributed by atoms with Crippen molar-refractivity contribution in [2.45, 2.75) is 32.6 Å². The van der Waals surface area contributed by atoms with Crippen molar-refractivity contribution in [2.75, 3.05) is 26.7 Å². The second-order valence-electron chi connectivity index (χ2n) is 4.48. The Balaban J connectivity index is 2.49. The first-order valence-corrected chi connectivity index (χ1v) is 4.96. The minimum Gasteiger partial charge on any atom is -0.396 e. The molecule has 0 aliphatic carbocycles. The third-order valence-electron chi connectivity index (χ3n) is 2.94. The summed E-state index contributed by atoms with van der Waals surface area (Å²) in [5.41, 5.74) is 0.361. The SMILES string of the molecule is CN1CCCCC(C)(CCO)C1. The molecule has 12 heavy (non-hydrogen) atoms. The quantitative estimate of drug-likeness (QED) is 0.680. The van der Waals surface area contributed by atoms with Gasteiger partial charge >= 0.3 is 0 Å². The number of rotatable bonds is 2. The summed E-state index contributed by atoms with van der Waals surface area (Å²) < 4.78 is 0. The fourth-order valence-electron chi connectivity index (χ4n) is 2.22. The number of hydrogen-bond acceptors (Lipinski definition) is 2. The molecule has 0 saturated carbocycles. The number of likely N-dealkylation sites (tertiary alicyclic amines) is 1. The molecule has 0 bridgehead atoms. The van der Waals surface area contributed by atoms with Gasteiger partial charge in [-0.3, -0.25) is 0 Å². The van der Waals surface area contributed by atoms with Gasteiger partial charge in [0, 0.05) is 13.2 Å². The molecule has 0 amide bonds. The molecule has 2 nitrogen and oxygen atoms in total. The van der Waals surface area contributed by atoms with Gasteiger partial charge in [-0.2, -0.15) is 0 Å². The Labute approximate surface area is 75.6 Å². The molecule has 1 unspecified atom stereocenters. The van der Waals surface area contributed by atoms with E-state index in [-0.39, 0.29) is 0 Å². The summed E-state index contributed by atoms with van der Waals surface area (Å²) in [6.45, 7) is 5.00. The second-order valence-corrected chi connectivity index (χ2v) is 4.48. The Morgan fingerprint density at radius 1 is 1.42 bits per heavy atom. The average Bonchev–Trinajstić information content (AvgIpc) is 2.12. The van der Waals surface area contributed by atoms with Crippen molar-refractivity contribution in [1.29, 1.82) is 0 Å². The summed E-state index contributed by atoms with van der Waals surface area (Å²) in [5.74, 6) is 0. The largest absolute Gasteiger partial charge is 0.396 e. The molecular formula is C10H21NO. The van der Waals surface area contributed by atoms with E-state index in [1.165, 1.54) is 25.8 Å². The highest BCUT2D eigenvalue weighted by Gasteiger charge is 2.26. The van der Waals surface area contributed by atoms with Gasteiger partial charge in [0.25, 0.3) is 0 Å². The molecule has 0 spiro atoms. The summed E-state index contributed by atoms with van der Waals surface area (Å²) in [6.07, 6.45) is 4.87. The van der Waals surface area contributed by atoms with Gasteiger partial charge in [-0.1, -0.05) is 13.3 Å². The fraction of sp³-hybridized carbons (Fsp3) is 1.00. The van der Waals surface area contributed by atoms with E-state index in [4.69, 9.17) is 5.11 Å². The molecule has 2 heteroatoms. The number of aliphatic hydroxyl groups excluding tert-OH is 1. The van der Waals surface area contributed by atoms with Crippen LogP contribution in [0.5, 0.6) is 0 Å². The van der Waals surface area contributed by atoms with E-state index >= 15 is 0 Å². The number of nitrogens with zero attached hydrogens (tertiary/aromatic N) is 1. The van der Waals surface area contributed by atoms with E-state index in [0.29, 0.717) is 12.0 Å². The Hall–Kier alpha value is -0.0800. The van der Waals surface area contributed by atoms with Crippen LogP contribution in [0.2, 0.25) is 0 Å². The first kappa shape index (κ1) is 10.0. The normalized spacial score (nSPS) is 33.2. The molecule has 1 N–H and O–H groups in total. The molecule has 0 radical (unpaired) electrons. The highest BCUT2D eigenvalue weighted by molar-refractivity contribution is 4.80. The van der Waals surface area contributed by atoms with E-state index in [0.717, 1.165) is 13.0 Å². The van der Waals surface area contributed by atoms with Gasteiger partial charge in [-0.05, 0) is 38.3 Å². The van der Waals surface area contributed by atoms with Crippen LogP contribution in [0.4, 0.5) is 0 Å². The minimum atomic E-state index is 0.338. The second kappa shape index (κ2) is 4.24. The van der Waals surface area contributed by atoms with Gasteiger partial charge in [0.05, 0.1) is 0 Å². The fourth-order valence-corrected chi connectivity index (χ4v) is 2.22. The number of hydrogen-bond donors (Lipinski definition) is 1. The Morgan fingerprint density at radius 3 is 2.83 bits per heavy atom. The van der Waals surface area contributed by atoms with Gasteiger partial charge in [-0.25, -0.2) is 0 Å². The van der Waals surface area contributed by atoms with Crippen LogP contribution < -0.4 is 0 Å². The molecule has 1 rings (SSSR count). The lowest BCUT2D eigenvalue weighted by atomic mass is 9.82. The van der Waals surface area contributed by atoms with Crippen molar-refractivity contribution >= 4 is 0 Å². The molecule has 1 heterocycles. The van der Waals surface area contributed by atoms with E-state index in [9.17, 15) is 0 Å². The monoisotopic (exact) mass is 171 g/mol. The van der Waals surface area contributed by atoms with Crippen molar-refractivity contribution in [3.05, 3.63) is 0 Å². The first-order valence-electron chi connectivity index (χ1n) is 4.96. The topological polar surface area (TPSA) is 23.5 Å². The van der Waals surface area contributed by atoms with Crippen LogP contribution in [0, 0.1) is 5.41 Å². The lowest BCUT2D eigenvalue weighted by molar-refractivity contribution is 0.150. The average molecular weight is 171 g/mol. The van der Waals surface area contributed by atoms with Crippen LogP contribution >= 0.6 is 0 Å². The van der Waals surface area contributed by atoms with Crippen molar-refractivity contribution in [2.24, 2.45) is 5.41 Å². The van der Waals surface area contributed by atoms with Crippen LogP contribution in [0.1, 0.15) is 32.6 Å². The molecule has 0 aromatic rings. The van der Waals surface area contributed by atoms with Gasteiger partial charge in [0.2, 0.25) is 0 Å². The van der Waals surface area contributed by atoms with Crippen LogP contribution in [-0.2, 0) is 0 Å². The maximum absolute atomic E-state index is 8.94. The molecule has 1 atom stereocenters. The van der Waals surface area contributed by atoms with Gasteiger partial charge in [0.1, 0.15) is 0 Å². The highest BCUT2D eigenvalue weighted by atomic mass is 16.3. The molecule has 0 aromatic carbocycles. The zero-order valence-electron chi connectivity index (χ0n) is 8.34. The highest BCUT2D eigenvalue weighted by Crippen LogP contribution is 2.31. The molecular weight excluding hydrogens is 150 g/mol. The van der Waals surface area contributed by atoms with Crippen LogP contribution in [0.3, 0.4) is 0 Å². The molecule has 1 fully saturated rings. The molecule has 0 aromatic heterocycles. The minimum absolute atomic E-state index is 0.338. The zero-order valence-corrected chi connectivity index (χ0v) is 8.34. The predicted octanol–water partition coefficient (Wildman–Crippen LogP) is 1.49. The lowest BCUT2D eigenvalue weighted by Crippen LogP contribution is -2.32. The summed E-state index contributed by atoms with van der Waals surface area (Å²) in [7, 11) is 2.18. The van der Waals surface area contributed by atoms with E-state index < -0.39 is 0 Å². The van der Waals surface area contributed by atoms with Gasteiger partial charge in [-0.15, -0.1) is 0 Å². The zero-order chi connectivity index (χ0) is 9.03. The maximum atomic E-state index is 8.94. The number of aliphatic hydroxyl groups is 1. The van der Waals surface area contributed by atoms with Crippen molar-refractivity contribution < 1.29 is 5.11 Å². The van der Waals surface area contributed by atoms with Gasteiger partial charge in [0.15, 0.2) is 0 Å².